The minimum atomic E-state index is 0.255. The number of imidazole rings is 1. The van der Waals surface area contributed by atoms with Crippen LogP contribution in [-0.2, 0) is 13.1 Å². The molecule has 4 nitrogen and oxygen atoms in total. The van der Waals surface area contributed by atoms with Crippen LogP contribution in [0.1, 0.15) is 31.9 Å². The lowest BCUT2D eigenvalue weighted by atomic mass is 10.0. The van der Waals surface area contributed by atoms with Crippen LogP contribution in [0.3, 0.4) is 0 Å². The van der Waals surface area contributed by atoms with Gasteiger partial charge in [0.15, 0.2) is 0 Å². The van der Waals surface area contributed by atoms with Crippen molar-refractivity contribution < 1.29 is 0 Å². The van der Waals surface area contributed by atoms with Gasteiger partial charge in [-0.3, -0.25) is 0 Å². The molecule has 86 valence electrons. The Morgan fingerprint density at radius 3 is 3.06 bits per heavy atom. The molecule has 1 aromatic heterocycles. The fourth-order valence-electron chi connectivity index (χ4n) is 1.96. The summed E-state index contributed by atoms with van der Waals surface area (Å²) in [5.74, 6) is 0. The third kappa shape index (κ3) is 2.61. The second kappa shape index (κ2) is 4.67. The molecule has 16 heavy (non-hydrogen) atoms. The Kier molecular flexibility index (Phi) is 3.25. The zero-order chi connectivity index (χ0) is 11.4. The maximum Gasteiger partial charge on any atom is 0.0950 e. The van der Waals surface area contributed by atoms with E-state index in [1.807, 2.05) is 6.33 Å². The standard InChI is InChI=1S/C12H18N4/c1-2-14-7-11-8-16(10-15-11)9-12(3-4-12)5-6-13/h8,10,14H,2-5,7,9H2,1H3. The first-order valence-electron chi connectivity index (χ1n) is 5.86. The number of rotatable bonds is 6. The Morgan fingerprint density at radius 2 is 2.44 bits per heavy atom. The predicted octanol–water partition coefficient (Wildman–Crippen LogP) is 1.69. The maximum absolute atomic E-state index is 8.76. The van der Waals surface area contributed by atoms with E-state index in [2.05, 4.69) is 34.1 Å². The van der Waals surface area contributed by atoms with E-state index in [0.717, 1.165) is 25.3 Å². The van der Waals surface area contributed by atoms with Crippen LogP contribution in [0, 0.1) is 16.7 Å². The number of nitrogens with one attached hydrogen (secondary N) is 1. The second-order valence-electron chi connectivity index (χ2n) is 4.65. The Bertz CT molecular complexity index is 384. The highest BCUT2D eigenvalue weighted by molar-refractivity contribution is 5.02. The Labute approximate surface area is 96.3 Å². The van der Waals surface area contributed by atoms with Gasteiger partial charge in [-0.1, -0.05) is 6.92 Å². The summed E-state index contributed by atoms with van der Waals surface area (Å²) in [6.07, 6.45) is 7.00. The van der Waals surface area contributed by atoms with Crippen LogP contribution in [0.5, 0.6) is 0 Å². The molecule has 1 heterocycles. The van der Waals surface area contributed by atoms with Crippen molar-refractivity contribution in [3.8, 4) is 6.07 Å². The van der Waals surface area contributed by atoms with Gasteiger partial charge in [0.25, 0.3) is 0 Å². The van der Waals surface area contributed by atoms with Crippen molar-refractivity contribution in [3.05, 3.63) is 18.2 Å². The Hall–Kier alpha value is -1.34. The number of aromatic nitrogens is 2. The zero-order valence-corrected chi connectivity index (χ0v) is 9.74. The number of hydrogen-bond acceptors (Lipinski definition) is 3. The Balaban J connectivity index is 1.90. The van der Waals surface area contributed by atoms with Crippen LogP contribution in [-0.4, -0.2) is 16.1 Å². The van der Waals surface area contributed by atoms with E-state index < -0.39 is 0 Å². The zero-order valence-electron chi connectivity index (χ0n) is 9.74. The summed E-state index contributed by atoms with van der Waals surface area (Å²) in [5.41, 5.74) is 1.33. The van der Waals surface area contributed by atoms with E-state index >= 15 is 0 Å². The Morgan fingerprint density at radius 1 is 1.62 bits per heavy atom. The summed E-state index contributed by atoms with van der Waals surface area (Å²) in [6.45, 7) is 4.82. The van der Waals surface area contributed by atoms with Crippen molar-refractivity contribution in [2.75, 3.05) is 6.54 Å². The summed E-state index contributed by atoms with van der Waals surface area (Å²) in [6, 6.07) is 2.29. The first kappa shape index (κ1) is 11.2. The van der Waals surface area contributed by atoms with Gasteiger partial charge in [-0.2, -0.15) is 5.26 Å². The summed E-state index contributed by atoms with van der Waals surface area (Å²) in [4.78, 5) is 4.34. The predicted molar refractivity (Wildman–Crippen MR) is 61.5 cm³/mol. The highest BCUT2D eigenvalue weighted by atomic mass is 15.1. The molecule has 1 aliphatic carbocycles. The molecule has 1 fully saturated rings. The monoisotopic (exact) mass is 218 g/mol. The molecule has 0 spiro atoms. The van der Waals surface area contributed by atoms with Crippen LogP contribution in [0.15, 0.2) is 12.5 Å². The summed E-state index contributed by atoms with van der Waals surface area (Å²) >= 11 is 0. The highest BCUT2D eigenvalue weighted by Gasteiger charge is 2.42. The van der Waals surface area contributed by atoms with Crippen LogP contribution >= 0.6 is 0 Å². The topological polar surface area (TPSA) is 53.6 Å². The molecular formula is C12H18N4. The van der Waals surface area contributed by atoms with Gasteiger partial charge >= 0.3 is 0 Å². The fourth-order valence-corrected chi connectivity index (χ4v) is 1.96. The molecular weight excluding hydrogens is 200 g/mol. The van der Waals surface area contributed by atoms with Gasteiger partial charge in [0, 0.05) is 31.1 Å². The molecule has 1 aliphatic rings. The van der Waals surface area contributed by atoms with Crippen molar-refractivity contribution >= 4 is 0 Å². The first-order chi connectivity index (χ1) is 7.78. The van der Waals surface area contributed by atoms with Crippen molar-refractivity contribution in [3.63, 3.8) is 0 Å². The van der Waals surface area contributed by atoms with Crippen molar-refractivity contribution in [1.82, 2.24) is 14.9 Å². The SMILES string of the molecule is CCNCc1cn(CC2(CC#N)CC2)cn1. The van der Waals surface area contributed by atoms with E-state index in [1.165, 1.54) is 12.8 Å². The van der Waals surface area contributed by atoms with Gasteiger partial charge in [0.1, 0.15) is 0 Å². The average molecular weight is 218 g/mol. The van der Waals surface area contributed by atoms with Crippen molar-refractivity contribution in [2.45, 2.75) is 39.3 Å². The summed E-state index contributed by atoms with van der Waals surface area (Å²) < 4.78 is 2.12. The van der Waals surface area contributed by atoms with Gasteiger partial charge in [0.2, 0.25) is 0 Å². The lowest BCUT2D eigenvalue weighted by molar-refractivity contribution is 0.431. The molecule has 0 saturated heterocycles. The maximum atomic E-state index is 8.76. The third-order valence-electron chi connectivity index (χ3n) is 3.17. The van der Waals surface area contributed by atoms with Gasteiger partial charge in [0.05, 0.1) is 18.1 Å². The molecule has 0 radical (unpaired) electrons. The van der Waals surface area contributed by atoms with Gasteiger partial charge < -0.3 is 9.88 Å². The number of hydrogen-bond donors (Lipinski definition) is 1. The molecule has 0 unspecified atom stereocenters. The molecule has 1 saturated carbocycles. The van der Waals surface area contributed by atoms with E-state index in [9.17, 15) is 0 Å². The summed E-state index contributed by atoms with van der Waals surface area (Å²) in [7, 11) is 0. The molecule has 4 heteroatoms. The molecule has 0 aliphatic heterocycles. The number of nitriles is 1. The molecule has 0 amide bonds. The third-order valence-corrected chi connectivity index (χ3v) is 3.17. The molecule has 1 N–H and O–H groups in total. The van der Waals surface area contributed by atoms with Crippen molar-refractivity contribution in [1.29, 1.82) is 5.26 Å². The lowest BCUT2D eigenvalue weighted by Crippen LogP contribution is -2.12. The molecule has 0 bridgehead atoms. The quantitative estimate of drug-likeness (QED) is 0.790. The van der Waals surface area contributed by atoms with E-state index in [-0.39, 0.29) is 5.41 Å². The molecule has 0 atom stereocenters. The number of nitrogens with zero attached hydrogens (tertiary/aromatic N) is 3. The highest BCUT2D eigenvalue weighted by Crippen LogP contribution is 2.49. The summed E-state index contributed by atoms with van der Waals surface area (Å²) in [5, 5.41) is 12.0. The average Bonchev–Trinajstić information content (AvgIpc) is 2.88. The normalized spacial score (nSPS) is 17.0. The molecule has 1 aromatic rings. The van der Waals surface area contributed by atoms with Crippen LogP contribution < -0.4 is 5.32 Å². The van der Waals surface area contributed by atoms with E-state index in [1.54, 1.807) is 0 Å². The van der Waals surface area contributed by atoms with E-state index in [0.29, 0.717) is 6.42 Å². The fraction of sp³-hybridized carbons (Fsp3) is 0.667. The minimum absolute atomic E-state index is 0.255. The largest absolute Gasteiger partial charge is 0.337 e. The van der Waals surface area contributed by atoms with Gasteiger partial charge in [-0.25, -0.2) is 4.98 Å². The van der Waals surface area contributed by atoms with Crippen LogP contribution in [0.2, 0.25) is 0 Å². The van der Waals surface area contributed by atoms with E-state index in [4.69, 9.17) is 5.26 Å². The van der Waals surface area contributed by atoms with Crippen molar-refractivity contribution in [2.24, 2.45) is 5.41 Å². The molecule has 0 aromatic carbocycles. The first-order valence-corrected chi connectivity index (χ1v) is 5.86. The van der Waals surface area contributed by atoms with Gasteiger partial charge in [-0.05, 0) is 19.4 Å². The smallest absolute Gasteiger partial charge is 0.0950 e. The van der Waals surface area contributed by atoms with Crippen LogP contribution in [0.4, 0.5) is 0 Å². The van der Waals surface area contributed by atoms with Gasteiger partial charge in [-0.15, -0.1) is 0 Å². The lowest BCUT2D eigenvalue weighted by Gasteiger charge is -2.10. The van der Waals surface area contributed by atoms with Crippen LogP contribution in [0.25, 0.3) is 0 Å². The second-order valence-corrected chi connectivity index (χ2v) is 4.65. The minimum Gasteiger partial charge on any atom is -0.337 e. The molecule has 2 rings (SSSR count).